The van der Waals surface area contributed by atoms with E-state index in [9.17, 15) is 18.4 Å². The zero-order valence-corrected chi connectivity index (χ0v) is 12.7. The molecule has 2 rings (SSSR count). The Morgan fingerprint density at radius 1 is 1.36 bits per heavy atom. The molecule has 1 aromatic carbocycles. The van der Waals surface area contributed by atoms with Crippen LogP contribution in [-0.4, -0.2) is 36.0 Å². The van der Waals surface area contributed by atoms with Gasteiger partial charge in [0.15, 0.2) is 0 Å². The molecule has 1 aliphatic rings. The number of aryl methyl sites for hydroxylation is 1. The number of esters is 1. The molecule has 0 aromatic heterocycles. The summed E-state index contributed by atoms with van der Waals surface area (Å²) >= 11 is 0. The highest BCUT2D eigenvalue weighted by molar-refractivity contribution is 5.90. The second-order valence-corrected chi connectivity index (χ2v) is 5.57. The van der Waals surface area contributed by atoms with Crippen LogP contribution in [0.25, 0.3) is 0 Å². The fraction of sp³-hybridized carbons (Fsp3) is 0.500. The number of carbonyl (C=O) groups excluding carboxylic acids is 2. The molecular formula is C16H19F2NO3. The van der Waals surface area contributed by atoms with E-state index in [1.807, 2.05) is 0 Å². The minimum absolute atomic E-state index is 0.102. The van der Waals surface area contributed by atoms with Crippen LogP contribution < -0.4 is 0 Å². The van der Waals surface area contributed by atoms with Gasteiger partial charge in [0.25, 0.3) is 0 Å². The van der Waals surface area contributed by atoms with Crippen molar-refractivity contribution in [3.63, 3.8) is 0 Å². The summed E-state index contributed by atoms with van der Waals surface area (Å²) in [5.41, 5.74) is -0.276. The van der Waals surface area contributed by atoms with E-state index in [4.69, 9.17) is 4.74 Å². The SMILES string of the molecule is Cc1cc(F)c(C(=O)O[C@@H](C)CCN2CCCC2=O)cc1F. The standard InChI is InChI=1S/C16H19F2NO3/c1-10-8-14(18)12(9-13(10)17)16(21)22-11(2)5-7-19-6-3-4-15(19)20/h8-9,11H,3-7H2,1-2H3/t11-/m0/s1. The number of hydrogen-bond acceptors (Lipinski definition) is 3. The smallest absolute Gasteiger partial charge is 0.341 e. The average molecular weight is 311 g/mol. The predicted molar refractivity (Wildman–Crippen MR) is 76.4 cm³/mol. The second kappa shape index (κ2) is 6.85. The highest BCUT2D eigenvalue weighted by Crippen LogP contribution is 2.17. The number of ether oxygens (including phenoxy) is 1. The number of carbonyl (C=O) groups is 2. The van der Waals surface area contributed by atoms with Crippen molar-refractivity contribution in [1.29, 1.82) is 0 Å². The number of benzene rings is 1. The lowest BCUT2D eigenvalue weighted by atomic mass is 10.1. The van der Waals surface area contributed by atoms with Crippen LogP contribution in [-0.2, 0) is 9.53 Å². The third-order valence-electron chi connectivity index (χ3n) is 3.75. The number of rotatable bonds is 5. The molecule has 0 aliphatic carbocycles. The summed E-state index contributed by atoms with van der Waals surface area (Å²) < 4.78 is 32.3. The van der Waals surface area contributed by atoms with Crippen molar-refractivity contribution in [2.45, 2.75) is 39.2 Å². The summed E-state index contributed by atoms with van der Waals surface area (Å²) in [5, 5.41) is 0. The molecule has 4 nitrogen and oxygen atoms in total. The van der Waals surface area contributed by atoms with Crippen LogP contribution in [0.2, 0.25) is 0 Å². The van der Waals surface area contributed by atoms with Crippen LogP contribution in [0.15, 0.2) is 12.1 Å². The molecule has 1 aromatic rings. The van der Waals surface area contributed by atoms with Gasteiger partial charge in [-0.15, -0.1) is 0 Å². The largest absolute Gasteiger partial charge is 0.459 e. The van der Waals surface area contributed by atoms with Crippen molar-refractivity contribution < 1.29 is 23.1 Å². The fourth-order valence-electron chi connectivity index (χ4n) is 2.39. The van der Waals surface area contributed by atoms with Gasteiger partial charge in [0.1, 0.15) is 17.7 Å². The Balaban J connectivity index is 1.91. The van der Waals surface area contributed by atoms with Crippen LogP contribution in [0.3, 0.4) is 0 Å². The molecule has 1 amide bonds. The third-order valence-corrected chi connectivity index (χ3v) is 3.75. The van der Waals surface area contributed by atoms with E-state index >= 15 is 0 Å². The lowest BCUT2D eigenvalue weighted by molar-refractivity contribution is -0.127. The molecule has 0 bridgehead atoms. The Morgan fingerprint density at radius 3 is 2.73 bits per heavy atom. The first kappa shape index (κ1) is 16.4. The maximum absolute atomic E-state index is 13.7. The first-order chi connectivity index (χ1) is 10.4. The van der Waals surface area contributed by atoms with E-state index < -0.39 is 29.3 Å². The average Bonchev–Trinajstić information content (AvgIpc) is 2.86. The molecule has 1 atom stereocenters. The number of likely N-dealkylation sites (tertiary alicyclic amines) is 1. The molecule has 6 heteroatoms. The normalized spacial score (nSPS) is 16.0. The monoisotopic (exact) mass is 311 g/mol. The molecule has 1 saturated heterocycles. The molecule has 0 spiro atoms. The summed E-state index contributed by atoms with van der Waals surface area (Å²) in [6.45, 7) is 4.30. The van der Waals surface area contributed by atoms with E-state index in [0.29, 0.717) is 19.4 Å². The minimum atomic E-state index is -0.892. The zero-order valence-electron chi connectivity index (χ0n) is 12.7. The maximum Gasteiger partial charge on any atom is 0.341 e. The van der Waals surface area contributed by atoms with E-state index in [1.54, 1.807) is 11.8 Å². The van der Waals surface area contributed by atoms with E-state index in [2.05, 4.69) is 0 Å². The number of amides is 1. The van der Waals surface area contributed by atoms with Gasteiger partial charge in [-0.2, -0.15) is 0 Å². The van der Waals surface area contributed by atoms with Gasteiger partial charge in [-0.3, -0.25) is 4.79 Å². The Hall–Kier alpha value is -1.98. The number of hydrogen-bond donors (Lipinski definition) is 0. The highest BCUT2D eigenvalue weighted by Gasteiger charge is 2.22. The summed E-state index contributed by atoms with van der Waals surface area (Å²) in [4.78, 5) is 25.1. The Labute approximate surface area is 128 Å². The van der Waals surface area contributed by atoms with Gasteiger partial charge in [-0.1, -0.05) is 0 Å². The first-order valence-corrected chi connectivity index (χ1v) is 7.33. The third kappa shape index (κ3) is 3.81. The summed E-state index contributed by atoms with van der Waals surface area (Å²) in [6.07, 6.45) is 1.39. The van der Waals surface area contributed by atoms with Crippen LogP contribution in [0.1, 0.15) is 42.1 Å². The quantitative estimate of drug-likeness (QED) is 0.786. The molecule has 22 heavy (non-hydrogen) atoms. The van der Waals surface area contributed by atoms with Crippen molar-refractivity contribution in [3.05, 3.63) is 34.9 Å². The Bertz CT molecular complexity index is 589. The zero-order chi connectivity index (χ0) is 16.3. The van der Waals surface area contributed by atoms with E-state index in [0.717, 1.165) is 25.1 Å². The van der Waals surface area contributed by atoms with Crippen LogP contribution in [0.4, 0.5) is 8.78 Å². The molecule has 0 radical (unpaired) electrons. The van der Waals surface area contributed by atoms with E-state index in [-0.39, 0.29) is 11.5 Å². The summed E-state index contributed by atoms with van der Waals surface area (Å²) in [7, 11) is 0. The highest BCUT2D eigenvalue weighted by atomic mass is 19.1. The van der Waals surface area contributed by atoms with Crippen molar-refractivity contribution in [3.8, 4) is 0 Å². The van der Waals surface area contributed by atoms with Crippen LogP contribution >= 0.6 is 0 Å². The van der Waals surface area contributed by atoms with Gasteiger partial charge in [0.05, 0.1) is 5.56 Å². The molecular weight excluding hydrogens is 292 g/mol. The van der Waals surface area contributed by atoms with Gasteiger partial charge in [-0.25, -0.2) is 13.6 Å². The lowest BCUT2D eigenvalue weighted by Gasteiger charge is -2.19. The number of halogens is 2. The molecule has 1 heterocycles. The predicted octanol–water partition coefficient (Wildman–Crippen LogP) is 2.83. The van der Waals surface area contributed by atoms with Gasteiger partial charge in [0.2, 0.25) is 5.91 Å². The summed E-state index contributed by atoms with van der Waals surface area (Å²) in [5.74, 6) is -2.24. The second-order valence-electron chi connectivity index (χ2n) is 5.57. The first-order valence-electron chi connectivity index (χ1n) is 7.33. The van der Waals surface area contributed by atoms with Crippen molar-refractivity contribution in [1.82, 2.24) is 4.90 Å². The maximum atomic E-state index is 13.7. The molecule has 1 fully saturated rings. The fourth-order valence-corrected chi connectivity index (χ4v) is 2.39. The van der Waals surface area contributed by atoms with E-state index in [1.165, 1.54) is 6.92 Å². The molecule has 0 unspecified atom stereocenters. The minimum Gasteiger partial charge on any atom is -0.459 e. The molecule has 120 valence electrons. The van der Waals surface area contributed by atoms with Crippen molar-refractivity contribution >= 4 is 11.9 Å². The molecule has 0 saturated carbocycles. The van der Waals surface area contributed by atoms with Gasteiger partial charge >= 0.3 is 5.97 Å². The molecule has 0 N–H and O–H groups in total. The van der Waals surface area contributed by atoms with Gasteiger partial charge < -0.3 is 9.64 Å². The van der Waals surface area contributed by atoms with Gasteiger partial charge in [0, 0.05) is 25.9 Å². The molecule has 1 aliphatic heterocycles. The van der Waals surface area contributed by atoms with Gasteiger partial charge in [-0.05, 0) is 38.0 Å². The van der Waals surface area contributed by atoms with Crippen LogP contribution in [0, 0.1) is 18.6 Å². The lowest BCUT2D eigenvalue weighted by Crippen LogP contribution is -2.29. The van der Waals surface area contributed by atoms with Crippen LogP contribution in [0.5, 0.6) is 0 Å². The van der Waals surface area contributed by atoms with Crippen molar-refractivity contribution in [2.24, 2.45) is 0 Å². The Kier molecular flexibility index (Phi) is 5.11. The van der Waals surface area contributed by atoms with Crippen molar-refractivity contribution in [2.75, 3.05) is 13.1 Å². The topological polar surface area (TPSA) is 46.6 Å². The summed E-state index contributed by atoms with van der Waals surface area (Å²) in [6, 6.07) is 1.82. The Morgan fingerprint density at radius 2 is 2.09 bits per heavy atom. The number of nitrogens with zero attached hydrogens (tertiary/aromatic N) is 1.